The summed E-state index contributed by atoms with van der Waals surface area (Å²) in [6, 6.07) is 5.68. The van der Waals surface area contributed by atoms with Crippen LogP contribution < -0.4 is 11.1 Å². The van der Waals surface area contributed by atoms with Gasteiger partial charge in [-0.25, -0.2) is 8.78 Å². The highest BCUT2D eigenvalue weighted by Crippen LogP contribution is 2.23. The molecule has 1 aromatic carbocycles. The summed E-state index contributed by atoms with van der Waals surface area (Å²) in [5.41, 5.74) is 7.50. The van der Waals surface area contributed by atoms with Crippen LogP contribution in [-0.2, 0) is 6.54 Å². The van der Waals surface area contributed by atoms with Gasteiger partial charge in [0.15, 0.2) is 5.82 Å². The molecule has 0 fully saturated rings. The predicted octanol–water partition coefficient (Wildman–Crippen LogP) is 2.86. The predicted molar refractivity (Wildman–Crippen MR) is 67.1 cm³/mol. The Bertz CT molecular complexity index is 553. The van der Waals surface area contributed by atoms with Crippen molar-refractivity contribution in [1.29, 1.82) is 0 Å². The molecule has 0 amide bonds. The number of hydrogen-bond acceptors (Lipinski definition) is 3. The molecule has 0 saturated carbocycles. The molecule has 18 heavy (non-hydrogen) atoms. The zero-order chi connectivity index (χ0) is 13.1. The molecule has 94 valence electrons. The molecule has 5 heteroatoms. The molecule has 2 rings (SSSR count). The third-order valence-electron chi connectivity index (χ3n) is 2.55. The second kappa shape index (κ2) is 5.00. The van der Waals surface area contributed by atoms with Crippen LogP contribution in [0.25, 0.3) is 0 Å². The summed E-state index contributed by atoms with van der Waals surface area (Å²) in [6.45, 7) is 2.29. The average molecular weight is 249 g/mol. The minimum absolute atomic E-state index is 0.0866. The first-order valence-electron chi connectivity index (χ1n) is 5.46. The molecule has 1 heterocycles. The Morgan fingerprint density at radius 1 is 1.28 bits per heavy atom. The number of nitrogens with zero attached hydrogens (tertiary/aromatic N) is 1. The first-order chi connectivity index (χ1) is 8.56. The Labute approximate surface area is 104 Å². The number of nitrogens with two attached hydrogens (primary N) is 1. The molecule has 3 N–H and O–H groups in total. The summed E-state index contributed by atoms with van der Waals surface area (Å²) in [4.78, 5) is 4.13. The second-order valence-corrected chi connectivity index (χ2v) is 4.01. The maximum absolute atomic E-state index is 13.2. The highest BCUT2D eigenvalue weighted by atomic mass is 19.1. The van der Waals surface area contributed by atoms with E-state index in [-0.39, 0.29) is 11.4 Å². The summed E-state index contributed by atoms with van der Waals surface area (Å²) in [7, 11) is 0. The van der Waals surface area contributed by atoms with Gasteiger partial charge in [0.2, 0.25) is 0 Å². The highest BCUT2D eigenvalue weighted by molar-refractivity contribution is 5.66. The van der Waals surface area contributed by atoms with Crippen molar-refractivity contribution in [3.8, 4) is 0 Å². The van der Waals surface area contributed by atoms with E-state index in [1.165, 1.54) is 6.07 Å². The highest BCUT2D eigenvalue weighted by Gasteiger charge is 2.07. The summed E-state index contributed by atoms with van der Waals surface area (Å²) in [5, 5.41) is 2.89. The smallest absolute Gasteiger partial charge is 0.151 e. The molecular weight excluding hydrogens is 236 g/mol. The van der Waals surface area contributed by atoms with E-state index >= 15 is 0 Å². The quantitative estimate of drug-likeness (QED) is 0.822. The molecule has 1 aromatic heterocycles. The second-order valence-electron chi connectivity index (χ2n) is 4.01. The number of nitrogens with one attached hydrogen (secondary N) is 1. The Kier molecular flexibility index (Phi) is 3.41. The maximum Gasteiger partial charge on any atom is 0.151 e. The van der Waals surface area contributed by atoms with Crippen molar-refractivity contribution in [3.63, 3.8) is 0 Å². The third kappa shape index (κ3) is 2.74. The van der Waals surface area contributed by atoms with E-state index in [1.807, 2.05) is 19.1 Å². The SMILES string of the molecule is Cc1ccc(CNc2cc(F)cc(F)c2N)cn1. The fourth-order valence-electron chi connectivity index (χ4n) is 1.53. The van der Waals surface area contributed by atoms with E-state index in [1.54, 1.807) is 6.20 Å². The van der Waals surface area contributed by atoms with Crippen molar-refractivity contribution in [3.05, 3.63) is 53.4 Å². The molecule has 0 unspecified atom stereocenters. The van der Waals surface area contributed by atoms with Gasteiger partial charge in [0, 0.05) is 24.5 Å². The first-order valence-corrected chi connectivity index (χ1v) is 5.46. The standard InChI is InChI=1S/C13H13F2N3/c1-8-2-3-9(6-17-8)7-18-12-5-10(14)4-11(15)13(12)16/h2-6,18H,7,16H2,1H3. The van der Waals surface area contributed by atoms with Crippen molar-refractivity contribution < 1.29 is 8.78 Å². The molecule has 0 saturated heterocycles. The van der Waals surface area contributed by atoms with Gasteiger partial charge in [-0.2, -0.15) is 0 Å². The number of nitrogen functional groups attached to an aromatic ring is 1. The number of benzene rings is 1. The van der Waals surface area contributed by atoms with Crippen LogP contribution in [0.1, 0.15) is 11.3 Å². The van der Waals surface area contributed by atoms with Gasteiger partial charge in [0.1, 0.15) is 5.82 Å². The molecule has 0 aliphatic heterocycles. The Morgan fingerprint density at radius 3 is 2.72 bits per heavy atom. The van der Waals surface area contributed by atoms with E-state index in [9.17, 15) is 8.78 Å². The van der Waals surface area contributed by atoms with Gasteiger partial charge >= 0.3 is 0 Å². The first kappa shape index (κ1) is 12.3. The van der Waals surface area contributed by atoms with Crippen LogP contribution in [0.5, 0.6) is 0 Å². The van der Waals surface area contributed by atoms with Crippen LogP contribution >= 0.6 is 0 Å². The number of aromatic nitrogens is 1. The van der Waals surface area contributed by atoms with Crippen LogP contribution in [0.3, 0.4) is 0 Å². The summed E-state index contributed by atoms with van der Waals surface area (Å²) in [6.07, 6.45) is 1.70. The van der Waals surface area contributed by atoms with Gasteiger partial charge in [-0.05, 0) is 24.6 Å². The fraction of sp³-hybridized carbons (Fsp3) is 0.154. The summed E-state index contributed by atoms with van der Waals surface area (Å²) < 4.78 is 26.2. The van der Waals surface area contributed by atoms with Crippen molar-refractivity contribution in [2.45, 2.75) is 13.5 Å². The van der Waals surface area contributed by atoms with Crippen molar-refractivity contribution in [1.82, 2.24) is 4.98 Å². The van der Waals surface area contributed by atoms with Gasteiger partial charge < -0.3 is 11.1 Å². The van der Waals surface area contributed by atoms with Crippen molar-refractivity contribution >= 4 is 11.4 Å². The third-order valence-corrected chi connectivity index (χ3v) is 2.55. The van der Waals surface area contributed by atoms with Gasteiger partial charge in [-0.15, -0.1) is 0 Å². The van der Waals surface area contributed by atoms with Gasteiger partial charge in [-0.1, -0.05) is 6.07 Å². The van der Waals surface area contributed by atoms with E-state index in [0.717, 1.165) is 17.3 Å². The lowest BCUT2D eigenvalue weighted by molar-refractivity contribution is 0.587. The molecule has 0 aliphatic carbocycles. The normalized spacial score (nSPS) is 10.4. The molecular formula is C13H13F2N3. The number of hydrogen-bond donors (Lipinski definition) is 2. The van der Waals surface area contributed by atoms with Gasteiger partial charge in [0.25, 0.3) is 0 Å². The number of pyridine rings is 1. The van der Waals surface area contributed by atoms with Crippen LogP contribution in [0.2, 0.25) is 0 Å². The largest absolute Gasteiger partial charge is 0.395 e. The lowest BCUT2D eigenvalue weighted by Crippen LogP contribution is -2.05. The van der Waals surface area contributed by atoms with Gasteiger partial charge in [0.05, 0.1) is 11.4 Å². The fourth-order valence-corrected chi connectivity index (χ4v) is 1.53. The van der Waals surface area contributed by atoms with E-state index in [4.69, 9.17) is 5.73 Å². The Hall–Kier alpha value is -2.17. The number of rotatable bonds is 3. The molecule has 0 radical (unpaired) electrons. The topological polar surface area (TPSA) is 50.9 Å². The maximum atomic E-state index is 13.2. The lowest BCUT2D eigenvalue weighted by atomic mass is 10.2. The summed E-state index contributed by atoms with van der Waals surface area (Å²) >= 11 is 0. The zero-order valence-electron chi connectivity index (χ0n) is 9.87. The summed E-state index contributed by atoms with van der Waals surface area (Å²) in [5.74, 6) is -1.43. The Morgan fingerprint density at radius 2 is 2.06 bits per heavy atom. The van der Waals surface area contributed by atoms with E-state index in [2.05, 4.69) is 10.3 Å². The molecule has 0 atom stereocenters. The Balaban J connectivity index is 2.13. The molecule has 3 nitrogen and oxygen atoms in total. The molecule has 2 aromatic rings. The average Bonchev–Trinajstić information content (AvgIpc) is 2.34. The molecule has 0 aliphatic rings. The van der Waals surface area contributed by atoms with Crippen LogP contribution in [-0.4, -0.2) is 4.98 Å². The van der Waals surface area contributed by atoms with Crippen LogP contribution in [0.15, 0.2) is 30.5 Å². The van der Waals surface area contributed by atoms with E-state index in [0.29, 0.717) is 6.54 Å². The van der Waals surface area contributed by atoms with Gasteiger partial charge in [-0.3, -0.25) is 4.98 Å². The number of halogens is 2. The zero-order valence-corrected chi connectivity index (χ0v) is 9.87. The minimum atomic E-state index is -0.764. The molecule has 0 bridgehead atoms. The molecule has 0 spiro atoms. The van der Waals surface area contributed by atoms with Crippen molar-refractivity contribution in [2.75, 3.05) is 11.1 Å². The van der Waals surface area contributed by atoms with E-state index < -0.39 is 11.6 Å². The monoisotopic (exact) mass is 249 g/mol. The minimum Gasteiger partial charge on any atom is -0.395 e. The van der Waals surface area contributed by atoms with Crippen LogP contribution in [0, 0.1) is 18.6 Å². The van der Waals surface area contributed by atoms with Crippen molar-refractivity contribution in [2.24, 2.45) is 0 Å². The number of aryl methyl sites for hydroxylation is 1. The lowest BCUT2D eigenvalue weighted by Gasteiger charge is -2.10. The number of anilines is 2. The van der Waals surface area contributed by atoms with Crippen LogP contribution in [0.4, 0.5) is 20.2 Å².